The highest BCUT2D eigenvalue weighted by Crippen LogP contribution is 2.28. The number of amides is 1. The Balaban J connectivity index is 1.53. The first-order valence-corrected chi connectivity index (χ1v) is 9.68. The number of benzene rings is 2. The van der Waals surface area contributed by atoms with E-state index >= 15 is 0 Å². The Hall–Kier alpha value is -2.79. The third-order valence-electron chi connectivity index (χ3n) is 4.99. The van der Waals surface area contributed by atoms with Crippen LogP contribution in [-0.2, 0) is 6.42 Å². The topological polar surface area (TPSA) is 42.0 Å². The highest BCUT2D eigenvalue weighted by molar-refractivity contribution is 5.95. The number of hydrogen-bond acceptors (Lipinski definition) is 4. The molecule has 0 atom stereocenters. The molecule has 2 aromatic rings. The lowest BCUT2D eigenvalue weighted by Crippen LogP contribution is -2.49. The van der Waals surface area contributed by atoms with Crippen molar-refractivity contribution in [3.05, 3.63) is 72.3 Å². The molecule has 0 radical (unpaired) electrons. The van der Waals surface area contributed by atoms with E-state index < -0.39 is 0 Å². The number of methoxy groups -OCH3 is 1. The summed E-state index contributed by atoms with van der Waals surface area (Å²) in [5.74, 6) is 1.22. The van der Waals surface area contributed by atoms with Crippen LogP contribution in [0.4, 0.5) is 0 Å². The molecule has 0 bridgehead atoms. The second-order valence-electron chi connectivity index (χ2n) is 6.83. The Morgan fingerprint density at radius 1 is 1.07 bits per heavy atom. The van der Waals surface area contributed by atoms with Gasteiger partial charge in [0, 0.05) is 38.3 Å². The largest absolute Gasteiger partial charge is 0.493 e. The second-order valence-corrected chi connectivity index (χ2v) is 6.83. The van der Waals surface area contributed by atoms with Gasteiger partial charge >= 0.3 is 0 Å². The molecule has 1 aliphatic heterocycles. The SMILES string of the molecule is C=CCOc1ccc(C(=O)N2CCN(CCc3ccccc3)CC2)cc1OC. The molecule has 0 N–H and O–H groups in total. The minimum Gasteiger partial charge on any atom is -0.493 e. The van der Waals surface area contributed by atoms with Crippen molar-refractivity contribution in [3.63, 3.8) is 0 Å². The molecule has 5 heteroatoms. The lowest BCUT2D eigenvalue weighted by atomic mass is 10.1. The van der Waals surface area contributed by atoms with Gasteiger partial charge in [0.2, 0.25) is 0 Å². The summed E-state index contributed by atoms with van der Waals surface area (Å²) in [5.41, 5.74) is 1.98. The van der Waals surface area contributed by atoms with E-state index in [0.29, 0.717) is 23.7 Å². The molecule has 1 fully saturated rings. The van der Waals surface area contributed by atoms with E-state index in [-0.39, 0.29) is 5.91 Å². The monoisotopic (exact) mass is 380 g/mol. The summed E-state index contributed by atoms with van der Waals surface area (Å²) in [4.78, 5) is 17.2. The summed E-state index contributed by atoms with van der Waals surface area (Å²) >= 11 is 0. The van der Waals surface area contributed by atoms with Crippen molar-refractivity contribution in [3.8, 4) is 11.5 Å². The van der Waals surface area contributed by atoms with Gasteiger partial charge in [-0.25, -0.2) is 0 Å². The minimum atomic E-state index is 0.0382. The quantitative estimate of drug-likeness (QED) is 0.659. The van der Waals surface area contributed by atoms with Crippen LogP contribution in [-0.4, -0.2) is 62.1 Å². The predicted molar refractivity (Wildman–Crippen MR) is 111 cm³/mol. The van der Waals surface area contributed by atoms with E-state index in [0.717, 1.165) is 39.1 Å². The molecule has 148 valence electrons. The number of carbonyl (C=O) groups excluding carboxylic acids is 1. The highest BCUT2D eigenvalue weighted by Gasteiger charge is 2.23. The average Bonchev–Trinajstić information content (AvgIpc) is 2.76. The highest BCUT2D eigenvalue weighted by atomic mass is 16.5. The zero-order chi connectivity index (χ0) is 19.8. The molecule has 5 nitrogen and oxygen atoms in total. The van der Waals surface area contributed by atoms with Crippen molar-refractivity contribution in [1.82, 2.24) is 9.80 Å². The molecule has 1 heterocycles. The maximum atomic E-state index is 12.9. The summed E-state index contributed by atoms with van der Waals surface area (Å²) < 4.78 is 10.9. The van der Waals surface area contributed by atoms with Crippen molar-refractivity contribution >= 4 is 5.91 Å². The van der Waals surface area contributed by atoms with Gasteiger partial charge in [-0.2, -0.15) is 0 Å². The van der Waals surface area contributed by atoms with Crippen LogP contribution in [0.2, 0.25) is 0 Å². The molecule has 0 aliphatic carbocycles. The first kappa shape index (κ1) is 20.0. The van der Waals surface area contributed by atoms with Gasteiger partial charge in [-0.15, -0.1) is 0 Å². The average molecular weight is 380 g/mol. The molecule has 1 aliphatic rings. The Kier molecular flexibility index (Phi) is 7.09. The van der Waals surface area contributed by atoms with Crippen molar-refractivity contribution < 1.29 is 14.3 Å². The van der Waals surface area contributed by atoms with Gasteiger partial charge < -0.3 is 14.4 Å². The Labute approximate surface area is 167 Å². The molecule has 2 aromatic carbocycles. The number of carbonyl (C=O) groups is 1. The lowest BCUT2D eigenvalue weighted by Gasteiger charge is -2.34. The van der Waals surface area contributed by atoms with Gasteiger partial charge in [-0.1, -0.05) is 43.0 Å². The molecule has 3 rings (SSSR count). The summed E-state index contributed by atoms with van der Waals surface area (Å²) in [5, 5.41) is 0. The van der Waals surface area contributed by atoms with Gasteiger partial charge in [0.25, 0.3) is 5.91 Å². The van der Waals surface area contributed by atoms with Crippen molar-refractivity contribution in [1.29, 1.82) is 0 Å². The molecular formula is C23H28N2O3. The first-order chi connectivity index (χ1) is 13.7. The predicted octanol–water partition coefficient (Wildman–Crippen LogP) is 3.26. The maximum Gasteiger partial charge on any atom is 0.254 e. The number of piperazine rings is 1. The van der Waals surface area contributed by atoms with Crippen LogP contribution in [0.15, 0.2) is 61.2 Å². The van der Waals surface area contributed by atoms with Gasteiger partial charge in [0.05, 0.1) is 7.11 Å². The smallest absolute Gasteiger partial charge is 0.254 e. The molecule has 0 spiro atoms. The molecule has 1 saturated heterocycles. The van der Waals surface area contributed by atoms with E-state index in [1.165, 1.54) is 5.56 Å². The fourth-order valence-corrected chi connectivity index (χ4v) is 3.36. The van der Waals surface area contributed by atoms with Crippen LogP contribution < -0.4 is 9.47 Å². The molecule has 0 aromatic heterocycles. The first-order valence-electron chi connectivity index (χ1n) is 9.68. The van der Waals surface area contributed by atoms with Gasteiger partial charge in [0.15, 0.2) is 11.5 Å². The standard InChI is InChI=1S/C23H28N2O3/c1-3-17-28-21-10-9-20(18-22(21)27-2)23(26)25-15-13-24(14-16-25)12-11-19-7-5-4-6-8-19/h3-10,18H,1,11-17H2,2H3. The summed E-state index contributed by atoms with van der Waals surface area (Å²) in [6.45, 7) is 8.34. The van der Waals surface area contributed by atoms with Crippen LogP contribution in [0.25, 0.3) is 0 Å². The molecule has 0 saturated carbocycles. The maximum absolute atomic E-state index is 12.9. The number of rotatable bonds is 8. The number of nitrogens with zero attached hydrogens (tertiary/aromatic N) is 2. The van der Waals surface area contributed by atoms with Crippen LogP contribution in [0, 0.1) is 0 Å². The summed E-state index contributed by atoms with van der Waals surface area (Å²) in [6, 6.07) is 15.9. The van der Waals surface area contributed by atoms with E-state index in [4.69, 9.17) is 9.47 Å². The third-order valence-corrected chi connectivity index (χ3v) is 4.99. The fraction of sp³-hybridized carbons (Fsp3) is 0.348. The van der Waals surface area contributed by atoms with E-state index in [2.05, 4.69) is 35.7 Å². The molecule has 28 heavy (non-hydrogen) atoms. The van der Waals surface area contributed by atoms with Crippen LogP contribution >= 0.6 is 0 Å². The van der Waals surface area contributed by atoms with Gasteiger partial charge in [0.1, 0.15) is 6.61 Å². The van der Waals surface area contributed by atoms with Crippen molar-refractivity contribution in [2.75, 3.05) is 46.4 Å². The number of ether oxygens (including phenoxy) is 2. The Morgan fingerprint density at radius 2 is 1.82 bits per heavy atom. The van der Waals surface area contributed by atoms with Gasteiger partial charge in [-0.05, 0) is 30.2 Å². The van der Waals surface area contributed by atoms with Gasteiger partial charge in [-0.3, -0.25) is 9.69 Å². The van der Waals surface area contributed by atoms with E-state index in [1.807, 2.05) is 11.0 Å². The van der Waals surface area contributed by atoms with Crippen LogP contribution in [0.3, 0.4) is 0 Å². The normalized spacial score (nSPS) is 14.5. The summed E-state index contributed by atoms with van der Waals surface area (Å²) in [6.07, 6.45) is 2.72. The molecule has 0 unspecified atom stereocenters. The Bertz CT molecular complexity index is 784. The number of hydrogen-bond donors (Lipinski definition) is 0. The zero-order valence-corrected chi connectivity index (χ0v) is 16.5. The van der Waals surface area contributed by atoms with Crippen molar-refractivity contribution in [2.45, 2.75) is 6.42 Å². The van der Waals surface area contributed by atoms with Crippen molar-refractivity contribution in [2.24, 2.45) is 0 Å². The molecule has 1 amide bonds. The minimum absolute atomic E-state index is 0.0382. The molecular weight excluding hydrogens is 352 g/mol. The second kappa shape index (κ2) is 9.95. The fourth-order valence-electron chi connectivity index (χ4n) is 3.36. The lowest BCUT2D eigenvalue weighted by molar-refractivity contribution is 0.0638. The van der Waals surface area contributed by atoms with Crippen LogP contribution in [0.5, 0.6) is 11.5 Å². The van der Waals surface area contributed by atoms with E-state index in [9.17, 15) is 4.79 Å². The van der Waals surface area contributed by atoms with E-state index in [1.54, 1.807) is 31.4 Å². The third kappa shape index (κ3) is 5.14. The zero-order valence-electron chi connectivity index (χ0n) is 16.5. The van der Waals surface area contributed by atoms with Crippen LogP contribution in [0.1, 0.15) is 15.9 Å². The Morgan fingerprint density at radius 3 is 2.50 bits per heavy atom. The summed E-state index contributed by atoms with van der Waals surface area (Å²) in [7, 11) is 1.58.